The van der Waals surface area contributed by atoms with Crippen molar-refractivity contribution in [2.45, 2.75) is 12.5 Å². The van der Waals surface area contributed by atoms with Crippen LogP contribution < -0.4 is 5.32 Å². The first-order chi connectivity index (χ1) is 6.74. The van der Waals surface area contributed by atoms with Crippen LogP contribution in [-0.2, 0) is 19.0 Å². The number of hydrogen-bond donors (Lipinski definition) is 1. The number of carbonyl (C=O) groups excluding carboxylic acids is 1. The second-order valence-corrected chi connectivity index (χ2v) is 2.84. The van der Waals surface area contributed by atoms with Crippen molar-refractivity contribution in [3.8, 4) is 0 Å². The van der Waals surface area contributed by atoms with E-state index in [4.69, 9.17) is 9.47 Å². The molecule has 1 N–H and O–H groups in total. The summed E-state index contributed by atoms with van der Waals surface area (Å²) in [6.45, 7) is 1.80. The van der Waals surface area contributed by atoms with Gasteiger partial charge in [-0.3, -0.25) is 4.79 Å². The lowest BCUT2D eigenvalue weighted by Gasteiger charge is -2.14. The summed E-state index contributed by atoms with van der Waals surface area (Å²) in [5, 5.41) is 3.08. The minimum Gasteiger partial charge on any atom is -0.469 e. The van der Waals surface area contributed by atoms with Gasteiger partial charge < -0.3 is 19.5 Å². The van der Waals surface area contributed by atoms with E-state index < -0.39 is 0 Å². The molecular formula is C9H19NO4. The highest BCUT2D eigenvalue weighted by atomic mass is 16.5. The molecule has 0 aliphatic carbocycles. The Hall–Kier alpha value is -0.650. The van der Waals surface area contributed by atoms with Crippen LogP contribution in [0.2, 0.25) is 0 Å². The van der Waals surface area contributed by atoms with E-state index in [2.05, 4.69) is 10.1 Å². The SMILES string of the molecule is COCC(CNCCC(=O)OC)OC. The third-order valence-electron chi connectivity index (χ3n) is 1.79. The van der Waals surface area contributed by atoms with Crippen LogP contribution in [0.25, 0.3) is 0 Å². The van der Waals surface area contributed by atoms with Gasteiger partial charge in [0.2, 0.25) is 0 Å². The normalized spacial score (nSPS) is 12.5. The summed E-state index contributed by atoms with van der Waals surface area (Å²) in [6, 6.07) is 0. The summed E-state index contributed by atoms with van der Waals surface area (Å²) in [4.78, 5) is 10.7. The molecule has 0 rings (SSSR count). The third-order valence-corrected chi connectivity index (χ3v) is 1.79. The quantitative estimate of drug-likeness (QED) is 0.439. The predicted molar refractivity (Wildman–Crippen MR) is 52.2 cm³/mol. The lowest BCUT2D eigenvalue weighted by molar-refractivity contribution is -0.140. The highest BCUT2D eigenvalue weighted by Crippen LogP contribution is 1.89. The van der Waals surface area contributed by atoms with Crippen LogP contribution >= 0.6 is 0 Å². The van der Waals surface area contributed by atoms with Gasteiger partial charge in [-0.15, -0.1) is 0 Å². The Balaban J connectivity index is 3.37. The molecule has 0 fully saturated rings. The Morgan fingerprint density at radius 1 is 1.36 bits per heavy atom. The zero-order valence-corrected chi connectivity index (χ0v) is 9.04. The molecular weight excluding hydrogens is 186 g/mol. The number of methoxy groups -OCH3 is 3. The van der Waals surface area contributed by atoms with Crippen LogP contribution in [0.4, 0.5) is 0 Å². The molecule has 0 saturated carbocycles. The molecule has 84 valence electrons. The van der Waals surface area contributed by atoms with Gasteiger partial charge >= 0.3 is 5.97 Å². The second-order valence-electron chi connectivity index (χ2n) is 2.84. The fourth-order valence-corrected chi connectivity index (χ4v) is 0.952. The summed E-state index contributed by atoms with van der Waals surface area (Å²) in [5.41, 5.74) is 0. The molecule has 0 aliphatic rings. The largest absolute Gasteiger partial charge is 0.469 e. The predicted octanol–water partition coefficient (Wildman–Crippen LogP) is -0.199. The molecule has 0 aromatic carbocycles. The first-order valence-electron chi connectivity index (χ1n) is 4.53. The summed E-state index contributed by atoms with van der Waals surface area (Å²) < 4.78 is 14.6. The first-order valence-corrected chi connectivity index (χ1v) is 4.53. The summed E-state index contributed by atoms with van der Waals surface area (Å²) >= 11 is 0. The Morgan fingerprint density at radius 2 is 2.07 bits per heavy atom. The van der Waals surface area contributed by atoms with Crippen LogP contribution in [0.3, 0.4) is 0 Å². The van der Waals surface area contributed by atoms with E-state index in [1.807, 2.05) is 0 Å². The molecule has 1 unspecified atom stereocenters. The second kappa shape index (κ2) is 8.93. The number of ether oxygens (including phenoxy) is 3. The van der Waals surface area contributed by atoms with Crippen molar-refractivity contribution in [3.63, 3.8) is 0 Å². The first kappa shape index (κ1) is 13.4. The molecule has 0 radical (unpaired) electrons. The van der Waals surface area contributed by atoms with E-state index in [-0.39, 0.29) is 12.1 Å². The van der Waals surface area contributed by atoms with Crippen molar-refractivity contribution in [1.29, 1.82) is 0 Å². The maximum atomic E-state index is 10.7. The zero-order chi connectivity index (χ0) is 10.8. The zero-order valence-electron chi connectivity index (χ0n) is 9.04. The van der Waals surface area contributed by atoms with E-state index >= 15 is 0 Å². The number of nitrogens with one attached hydrogen (secondary N) is 1. The van der Waals surface area contributed by atoms with E-state index in [9.17, 15) is 4.79 Å². The topological polar surface area (TPSA) is 56.8 Å². The molecule has 0 saturated heterocycles. The van der Waals surface area contributed by atoms with E-state index in [1.165, 1.54) is 7.11 Å². The van der Waals surface area contributed by atoms with E-state index in [0.717, 1.165) is 0 Å². The standard InChI is InChI=1S/C9H19NO4/c1-12-7-8(13-2)6-10-5-4-9(11)14-3/h8,10H,4-7H2,1-3H3. The Morgan fingerprint density at radius 3 is 2.57 bits per heavy atom. The number of esters is 1. The van der Waals surface area contributed by atoms with Crippen molar-refractivity contribution in [2.75, 3.05) is 41.0 Å². The molecule has 5 nitrogen and oxygen atoms in total. The van der Waals surface area contributed by atoms with Gasteiger partial charge in [0.05, 0.1) is 26.2 Å². The molecule has 0 bridgehead atoms. The van der Waals surface area contributed by atoms with Crippen molar-refractivity contribution < 1.29 is 19.0 Å². The Labute approximate surface area is 84.7 Å². The van der Waals surface area contributed by atoms with Crippen LogP contribution in [0.1, 0.15) is 6.42 Å². The molecule has 0 aromatic rings. The average molecular weight is 205 g/mol. The number of carbonyl (C=O) groups is 1. The van der Waals surface area contributed by atoms with Crippen molar-refractivity contribution in [3.05, 3.63) is 0 Å². The van der Waals surface area contributed by atoms with Crippen molar-refractivity contribution in [1.82, 2.24) is 5.32 Å². The fourth-order valence-electron chi connectivity index (χ4n) is 0.952. The molecule has 1 atom stereocenters. The monoisotopic (exact) mass is 205 g/mol. The summed E-state index contributed by atoms with van der Waals surface area (Å²) in [5.74, 6) is -0.210. The van der Waals surface area contributed by atoms with Gasteiger partial charge in [0, 0.05) is 27.3 Å². The van der Waals surface area contributed by atoms with Crippen molar-refractivity contribution >= 4 is 5.97 Å². The van der Waals surface area contributed by atoms with Crippen LogP contribution in [-0.4, -0.2) is 53.1 Å². The lowest BCUT2D eigenvalue weighted by Crippen LogP contribution is -2.33. The van der Waals surface area contributed by atoms with E-state index in [0.29, 0.717) is 26.1 Å². The Kier molecular flexibility index (Phi) is 8.51. The molecule has 0 aromatic heterocycles. The van der Waals surface area contributed by atoms with Gasteiger partial charge in [-0.2, -0.15) is 0 Å². The van der Waals surface area contributed by atoms with Crippen LogP contribution in [0, 0.1) is 0 Å². The summed E-state index contributed by atoms with van der Waals surface area (Å²) in [6.07, 6.45) is 0.401. The van der Waals surface area contributed by atoms with Gasteiger partial charge in [-0.25, -0.2) is 0 Å². The fraction of sp³-hybridized carbons (Fsp3) is 0.889. The highest BCUT2D eigenvalue weighted by molar-refractivity contribution is 5.69. The van der Waals surface area contributed by atoms with Gasteiger partial charge in [-0.05, 0) is 0 Å². The minimum absolute atomic E-state index is 0.0256. The molecule has 0 heterocycles. The number of rotatable bonds is 8. The molecule has 14 heavy (non-hydrogen) atoms. The van der Waals surface area contributed by atoms with Crippen molar-refractivity contribution in [2.24, 2.45) is 0 Å². The Bertz CT molecular complexity index is 152. The third kappa shape index (κ3) is 6.82. The van der Waals surface area contributed by atoms with Gasteiger partial charge in [-0.1, -0.05) is 0 Å². The van der Waals surface area contributed by atoms with Crippen LogP contribution in [0.5, 0.6) is 0 Å². The highest BCUT2D eigenvalue weighted by Gasteiger charge is 2.06. The van der Waals surface area contributed by atoms with E-state index in [1.54, 1.807) is 14.2 Å². The molecule has 0 amide bonds. The van der Waals surface area contributed by atoms with Gasteiger partial charge in [0.1, 0.15) is 0 Å². The minimum atomic E-state index is -0.210. The molecule has 5 heteroatoms. The maximum absolute atomic E-state index is 10.7. The average Bonchev–Trinajstić information content (AvgIpc) is 2.22. The smallest absolute Gasteiger partial charge is 0.306 e. The number of hydrogen-bond acceptors (Lipinski definition) is 5. The van der Waals surface area contributed by atoms with Crippen LogP contribution in [0.15, 0.2) is 0 Å². The molecule has 0 spiro atoms. The van der Waals surface area contributed by atoms with Gasteiger partial charge in [0.15, 0.2) is 0 Å². The lowest BCUT2D eigenvalue weighted by atomic mass is 10.3. The van der Waals surface area contributed by atoms with Gasteiger partial charge in [0.25, 0.3) is 0 Å². The maximum Gasteiger partial charge on any atom is 0.306 e. The molecule has 0 aliphatic heterocycles. The summed E-state index contributed by atoms with van der Waals surface area (Å²) in [7, 11) is 4.64.